The minimum Gasteiger partial charge on any atom is -0.372 e. The zero-order chi connectivity index (χ0) is 19.7. The van der Waals surface area contributed by atoms with Crippen LogP contribution in [0.3, 0.4) is 0 Å². The summed E-state index contributed by atoms with van der Waals surface area (Å²) in [5.74, 6) is 0.922. The maximum atomic E-state index is 11.8. The molecule has 0 spiro atoms. The Kier molecular flexibility index (Phi) is 5.19. The Hall–Kier alpha value is -2.27. The fourth-order valence-electron chi connectivity index (χ4n) is 4.31. The van der Waals surface area contributed by atoms with E-state index in [1.54, 1.807) is 0 Å². The smallest absolute Gasteiger partial charge is 0.150 e. The van der Waals surface area contributed by atoms with E-state index in [9.17, 15) is 8.42 Å². The average molecular weight is 397 g/mol. The number of hydrogen-bond acceptors (Lipinski definition) is 3. The molecular weight excluding hydrogens is 368 g/mol. The summed E-state index contributed by atoms with van der Waals surface area (Å²) < 4.78 is 23.6. The lowest BCUT2D eigenvalue weighted by Gasteiger charge is -2.22. The number of benzene rings is 2. The molecule has 0 aliphatic carbocycles. The molecular formula is C23H28N2O2S. The first-order chi connectivity index (χ1) is 13.5. The van der Waals surface area contributed by atoms with Gasteiger partial charge < -0.3 is 9.88 Å². The second-order valence-electron chi connectivity index (χ2n) is 7.65. The highest BCUT2D eigenvalue weighted by atomic mass is 32.2. The van der Waals surface area contributed by atoms with Gasteiger partial charge in [0.05, 0.1) is 11.5 Å². The van der Waals surface area contributed by atoms with Crippen molar-refractivity contribution in [1.82, 2.24) is 4.98 Å². The average Bonchev–Trinajstić information content (AvgIpc) is 3.13. The minimum absolute atomic E-state index is 0.302. The van der Waals surface area contributed by atoms with E-state index < -0.39 is 9.84 Å². The fraction of sp³-hybridized carbons (Fsp3) is 0.391. The van der Waals surface area contributed by atoms with Gasteiger partial charge in [-0.25, -0.2) is 8.42 Å². The van der Waals surface area contributed by atoms with E-state index >= 15 is 0 Å². The van der Waals surface area contributed by atoms with Crippen LogP contribution in [0.25, 0.3) is 22.0 Å². The highest BCUT2D eigenvalue weighted by Gasteiger charge is 2.26. The molecule has 1 N–H and O–H groups in total. The summed E-state index contributed by atoms with van der Waals surface area (Å²) in [7, 11) is -2.84. The van der Waals surface area contributed by atoms with Crippen LogP contribution in [0.15, 0.2) is 48.7 Å². The van der Waals surface area contributed by atoms with Gasteiger partial charge in [-0.3, -0.25) is 0 Å². The van der Waals surface area contributed by atoms with Crippen molar-refractivity contribution in [2.24, 2.45) is 0 Å². The van der Waals surface area contributed by atoms with Crippen LogP contribution >= 0.6 is 0 Å². The van der Waals surface area contributed by atoms with Crippen molar-refractivity contribution in [2.45, 2.75) is 32.6 Å². The third kappa shape index (κ3) is 3.68. The van der Waals surface area contributed by atoms with Crippen LogP contribution in [-0.4, -0.2) is 38.0 Å². The molecule has 1 saturated heterocycles. The number of anilines is 1. The lowest BCUT2D eigenvalue weighted by Crippen LogP contribution is -2.21. The van der Waals surface area contributed by atoms with E-state index in [4.69, 9.17) is 0 Å². The Morgan fingerprint density at radius 2 is 1.61 bits per heavy atom. The van der Waals surface area contributed by atoms with Gasteiger partial charge in [-0.05, 0) is 73.6 Å². The maximum Gasteiger partial charge on any atom is 0.150 e. The quantitative estimate of drug-likeness (QED) is 0.662. The first-order valence-electron chi connectivity index (χ1n) is 10.2. The monoisotopic (exact) mass is 396 g/mol. The predicted octanol–water partition coefficient (Wildman–Crippen LogP) is 4.97. The SMILES string of the molecule is CCN(CC)c1ccc(-c2ccc3[nH]cc(C4CCS(=O)(=O)CC4)c3c2)cc1. The third-order valence-corrected chi connectivity index (χ3v) is 7.75. The molecule has 5 heteroatoms. The lowest BCUT2D eigenvalue weighted by molar-refractivity contribution is 0.551. The zero-order valence-electron chi connectivity index (χ0n) is 16.6. The van der Waals surface area contributed by atoms with E-state index in [1.807, 2.05) is 0 Å². The van der Waals surface area contributed by atoms with E-state index in [2.05, 4.69) is 72.4 Å². The second kappa shape index (κ2) is 7.63. The van der Waals surface area contributed by atoms with Crippen LogP contribution < -0.4 is 4.90 Å². The molecule has 0 saturated carbocycles. The normalized spacial score (nSPS) is 17.1. The van der Waals surface area contributed by atoms with Crippen molar-refractivity contribution < 1.29 is 8.42 Å². The van der Waals surface area contributed by atoms with Crippen molar-refractivity contribution in [1.29, 1.82) is 0 Å². The molecule has 0 radical (unpaired) electrons. The van der Waals surface area contributed by atoms with E-state index in [-0.39, 0.29) is 0 Å². The van der Waals surface area contributed by atoms with Gasteiger partial charge in [-0.2, -0.15) is 0 Å². The molecule has 2 heterocycles. The molecule has 4 rings (SSSR count). The molecule has 0 atom stereocenters. The Morgan fingerprint density at radius 3 is 2.25 bits per heavy atom. The van der Waals surface area contributed by atoms with Gasteiger partial charge in [0.2, 0.25) is 0 Å². The molecule has 0 amide bonds. The van der Waals surface area contributed by atoms with Crippen molar-refractivity contribution in [3.05, 3.63) is 54.2 Å². The van der Waals surface area contributed by atoms with E-state index in [0.29, 0.717) is 17.4 Å². The number of rotatable bonds is 5. The Labute approximate surface area is 167 Å². The summed E-state index contributed by atoms with van der Waals surface area (Å²) in [6, 6.07) is 15.3. The van der Waals surface area contributed by atoms with E-state index in [1.165, 1.54) is 27.8 Å². The number of nitrogens with zero attached hydrogens (tertiary/aromatic N) is 1. The minimum atomic E-state index is -2.84. The summed E-state index contributed by atoms with van der Waals surface area (Å²) in [5, 5.41) is 1.22. The third-order valence-electron chi connectivity index (χ3n) is 6.04. The number of aromatic nitrogens is 1. The summed E-state index contributed by atoms with van der Waals surface area (Å²) in [6.45, 7) is 6.36. The molecule has 3 aromatic rings. The summed E-state index contributed by atoms with van der Waals surface area (Å²) in [5.41, 5.74) is 6.03. The first-order valence-corrected chi connectivity index (χ1v) is 12.0. The van der Waals surface area contributed by atoms with Gasteiger partial charge >= 0.3 is 0 Å². The number of aromatic amines is 1. The van der Waals surface area contributed by atoms with Crippen LogP contribution in [0.5, 0.6) is 0 Å². The number of H-pyrrole nitrogens is 1. The van der Waals surface area contributed by atoms with Crippen LogP contribution in [0.4, 0.5) is 5.69 Å². The molecule has 1 aromatic heterocycles. The summed E-state index contributed by atoms with van der Waals surface area (Å²) in [6.07, 6.45) is 3.51. The second-order valence-corrected chi connectivity index (χ2v) is 9.95. The highest BCUT2D eigenvalue weighted by Crippen LogP contribution is 2.36. The lowest BCUT2D eigenvalue weighted by atomic mass is 9.92. The summed E-state index contributed by atoms with van der Waals surface area (Å²) in [4.78, 5) is 5.71. The van der Waals surface area contributed by atoms with Gasteiger partial charge in [-0.15, -0.1) is 0 Å². The topological polar surface area (TPSA) is 53.2 Å². The molecule has 28 heavy (non-hydrogen) atoms. The molecule has 1 fully saturated rings. The van der Waals surface area contributed by atoms with Crippen LogP contribution in [0.2, 0.25) is 0 Å². The van der Waals surface area contributed by atoms with Gasteiger partial charge in [0, 0.05) is 35.9 Å². The first kappa shape index (κ1) is 19.1. The van der Waals surface area contributed by atoms with E-state index in [0.717, 1.165) is 31.4 Å². The molecule has 2 aromatic carbocycles. The predicted molar refractivity (Wildman–Crippen MR) is 118 cm³/mol. The Bertz CT molecular complexity index is 1050. The molecule has 148 valence electrons. The summed E-state index contributed by atoms with van der Waals surface area (Å²) >= 11 is 0. The Morgan fingerprint density at radius 1 is 0.964 bits per heavy atom. The van der Waals surface area contributed by atoms with Crippen LogP contribution in [-0.2, 0) is 9.84 Å². The van der Waals surface area contributed by atoms with Crippen LogP contribution in [0.1, 0.15) is 38.2 Å². The molecule has 0 bridgehead atoms. The van der Waals surface area contributed by atoms with Gasteiger partial charge in [0.25, 0.3) is 0 Å². The van der Waals surface area contributed by atoms with Crippen molar-refractivity contribution >= 4 is 26.4 Å². The number of hydrogen-bond donors (Lipinski definition) is 1. The standard InChI is InChI=1S/C23H28N2O2S/c1-3-25(4-2)20-8-5-17(6-9-20)19-7-10-23-21(15-19)22(16-24-23)18-11-13-28(26,27)14-12-18/h5-10,15-16,18,24H,3-4,11-14H2,1-2H3. The largest absolute Gasteiger partial charge is 0.372 e. The van der Waals surface area contributed by atoms with Crippen molar-refractivity contribution in [3.63, 3.8) is 0 Å². The zero-order valence-corrected chi connectivity index (χ0v) is 17.4. The highest BCUT2D eigenvalue weighted by molar-refractivity contribution is 7.91. The van der Waals surface area contributed by atoms with Crippen LogP contribution in [0, 0.1) is 0 Å². The Balaban J connectivity index is 1.64. The molecule has 1 aliphatic heterocycles. The molecule has 4 nitrogen and oxygen atoms in total. The number of sulfone groups is 1. The van der Waals surface area contributed by atoms with Gasteiger partial charge in [0.1, 0.15) is 9.84 Å². The fourth-order valence-corrected chi connectivity index (χ4v) is 5.81. The van der Waals surface area contributed by atoms with Crippen molar-refractivity contribution in [2.75, 3.05) is 29.5 Å². The molecule has 0 unspecified atom stereocenters. The number of nitrogens with one attached hydrogen (secondary N) is 1. The van der Waals surface area contributed by atoms with Gasteiger partial charge in [-0.1, -0.05) is 18.2 Å². The number of fused-ring (bicyclic) bond motifs is 1. The maximum absolute atomic E-state index is 11.8. The van der Waals surface area contributed by atoms with Crippen molar-refractivity contribution in [3.8, 4) is 11.1 Å². The molecule has 1 aliphatic rings. The van der Waals surface area contributed by atoms with Gasteiger partial charge in [0.15, 0.2) is 0 Å².